The zero-order valence-electron chi connectivity index (χ0n) is 12.5. The maximum atomic E-state index is 3.60. The lowest BCUT2D eigenvalue weighted by molar-refractivity contribution is 0.507. The van der Waals surface area contributed by atoms with E-state index in [9.17, 15) is 0 Å². The Hall–Kier alpha value is -1.50. The summed E-state index contributed by atoms with van der Waals surface area (Å²) in [6.07, 6.45) is 2.02. The summed E-state index contributed by atoms with van der Waals surface area (Å²) in [5.41, 5.74) is 7.56. The highest BCUT2D eigenvalue weighted by Gasteiger charge is 2.22. The number of aromatic nitrogens is 1. The van der Waals surface area contributed by atoms with Crippen LogP contribution in [0.15, 0.2) is 24.3 Å². The molecule has 0 saturated carbocycles. The summed E-state index contributed by atoms with van der Waals surface area (Å²) in [6.45, 7) is 7.93. The maximum absolute atomic E-state index is 3.60. The van der Waals surface area contributed by atoms with Crippen LogP contribution in [0.5, 0.6) is 0 Å². The average molecular weight is 282 g/mol. The second-order valence-corrected chi connectivity index (χ2v) is 11.3. The fourth-order valence-corrected chi connectivity index (χ4v) is 3.49. The van der Waals surface area contributed by atoms with Crippen LogP contribution in [0.1, 0.15) is 23.7 Å². The smallest absolute Gasteiger partial charge is 0.129 e. The van der Waals surface area contributed by atoms with Gasteiger partial charge in [-0.1, -0.05) is 37.8 Å². The normalized spacial score (nSPS) is 18.4. The van der Waals surface area contributed by atoms with Crippen LogP contribution < -0.4 is 5.32 Å². The van der Waals surface area contributed by atoms with Gasteiger partial charge in [-0.3, -0.25) is 0 Å². The van der Waals surface area contributed by atoms with Crippen LogP contribution in [0.3, 0.4) is 0 Å². The molecule has 0 spiro atoms. The van der Waals surface area contributed by atoms with Crippen LogP contribution in [0.25, 0.3) is 10.9 Å². The summed E-state index contributed by atoms with van der Waals surface area (Å²) in [7, 11) is -1.26. The van der Waals surface area contributed by atoms with Gasteiger partial charge in [0, 0.05) is 23.0 Å². The van der Waals surface area contributed by atoms with Crippen molar-refractivity contribution in [3.63, 3.8) is 0 Å². The summed E-state index contributed by atoms with van der Waals surface area (Å²) in [4.78, 5) is 3.59. The SMILES string of the molecule is C[Si](C)(C)C#CCC1NCCc2c1[nH]c1ccccc21. The van der Waals surface area contributed by atoms with E-state index in [2.05, 4.69) is 65.7 Å². The van der Waals surface area contributed by atoms with Gasteiger partial charge in [0.25, 0.3) is 0 Å². The molecule has 0 amide bonds. The van der Waals surface area contributed by atoms with Gasteiger partial charge in [-0.05, 0) is 24.6 Å². The molecule has 20 heavy (non-hydrogen) atoms. The number of para-hydroxylation sites is 1. The first-order valence-electron chi connectivity index (χ1n) is 7.37. The van der Waals surface area contributed by atoms with Crippen LogP contribution in [0.4, 0.5) is 0 Å². The van der Waals surface area contributed by atoms with Gasteiger partial charge in [0.1, 0.15) is 8.07 Å². The Morgan fingerprint density at radius 2 is 2.05 bits per heavy atom. The molecule has 1 aromatic heterocycles. The van der Waals surface area contributed by atoms with Crippen LogP contribution in [0, 0.1) is 11.5 Å². The third kappa shape index (κ3) is 2.67. The maximum Gasteiger partial charge on any atom is 0.129 e. The third-order valence-electron chi connectivity index (χ3n) is 3.73. The Kier molecular flexibility index (Phi) is 3.45. The van der Waals surface area contributed by atoms with Crippen molar-refractivity contribution >= 4 is 19.0 Å². The van der Waals surface area contributed by atoms with Crippen molar-refractivity contribution in [2.75, 3.05) is 6.54 Å². The zero-order valence-corrected chi connectivity index (χ0v) is 13.5. The van der Waals surface area contributed by atoms with Crippen molar-refractivity contribution in [3.8, 4) is 11.5 Å². The Bertz CT molecular complexity index is 682. The number of hydrogen-bond acceptors (Lipinski definition) is 1. The molecule has 2 N–H and O–H groups in total. The second kappa shape index (κ2) is 5.12. The summed E-state index contributed by atoms with van der Waals surface area (Å²) in [5, 5.41) is 4.99. The molecule has 2 nitrogen and oxygen atoms in total. The molecule has 1 aliphatic heterocycles. The van der Waals surface area contributed by atoms with Crippen molar-refractivity contribution in [2.45, 2.75) is 38.5 Å². The minimum atomic E-state index is -1.26. The Morgan fingerprint density at radius 3 is 2.85 bits per heavy atom. The number of aromatic amines is 1. The van der Waals surface area contributed by atoms with E-state index < -0.39 is 8.07 Å². The van der Waals surface area contributed by atoms with E-state index in [1.807, 2.05) is 0 Å². The van der Waals surface area contributed by atoms with Crippen LogP contribution in [0.2, 0.25) is 19.6 Å². The topological polar surface area (TPSA) is 27.8 Å². The van der Waals surface area contributed by atoms with Gasteiger partial charge >= 0.3 is 0 Å². The molecule has 2 heterocycles. The summed E-state index contributed by atoms with van der Waals surface area (Å²) in [6, 6.07) is 8.96. The van der Waals surface area contributed by atoms with Crippen molar-refractivity contribution in [1.82, 2.24) is 10.3 Å². The number of nitrogens with one attached hydrogen (secondary N) is 2. The predicted octanol–water partition coefficient (Wildman–Crippen LogP) is 3.63. The molecule has 1 unspecified atom stereocenters. The van der Waals surface area contributed by atoms with E-state index in [-0.39, 0.29) is 0 Å². The van der Waals surface area contributed by atoms with Crippen LogP contribution in [-0.2, 0) is 6.42 Å². The highest BCUT2D eigenvalue weighted by atomic mass is 28.3. The van der Waals surface area contributed by atoms with Crippen molar-refractivity contribution in [1.29, 1.82) is 0 Å². The van der Waals surface area contributed by atoms with Crippen molar-refractivity contribution < 1.29 is 0 Å². The number of H-pyrrole nitrogens is 1. The Labute approximate surface area is 122 Å². The van der Waals surface area contributed by atoms with Gasteiger partial charge < -0.3 is 10.3 Å². The average Bonchev–Trinajstić information content (AvgIpc) is 2.77. The van der Waals surface area contributed by atoms with Gasteiger partial charge in [-0.15, -0.1) is 11.5 Å². The van der Waals surface area contributed by atoms with Gasteiger partial charge in [0.05, 0.1) is 6.04 Å². The highest BCUT2D eigenvalue weighted by molar-refractivity contribution is 6.83. The van der Waals surface area contributed by atoms with Crippen molar-refractivity contribution in [3.05, 3.63) is 35.5 Å². The monoisotopic (exact) mass is 282 g/mol. The molecule has 1 aromatic carbocycles. The van der Waals surface area contributed by atoms with E-state index in [0.717, 1.165) is 19.4 Å². The van der Waals surface area contributed by atoms with Gasteiger partial charge in [0.2, 0.25) is 0 Å². The molecule has 0 aliphatic carbocycles. The quantitative estimate of drug-likeness (QED) is 0.607. The second-order valence-electron chi connectivity index (χ2n) is 6.58. The van der Waals surface area contributed by atoms with Gasteiger partial charge in [-0.25, -0.2) is 0 Å². The Morgan fingerprint density at radius 1 is 1.25 bits per heavy atom. The zero-order chi connectivity index (χ0) is 14.2. The lowest BCUT2D eigenvalue weighted by Gasteiger charge is -2.22. The van der Waals surface area contributed by atoms with Gasteiger partial charge in [0.15, 0.2) is 0 Å². The molecule has 0 saturated heterocycles. The number of benzene rings is 1. The molecule has 2 aromatic rings. The third-order valence-corrected chi connectivity index (χ3v) is 4.66. The lowest BCUT2D eigenvalue weighted by atomic mass is 9.98. The van der Waals surface area contributed by atoms with E-state index in [0.29, 0.717) is 6.04 Å². The molecule has 3 heteroatoms. The van der Waals surface area contributed by atoms with Gasteiger partial charge in [-0.2, -0.15) is 0 Å². The summed E-state index contributed by atoms with van der Waals surface area (Å²) < 4.78 is 0. The minimum absolute atomic E-state index is 0.356. The molecule has 1 atom stereocenters. The summed E-state index contributed by atoms with van der Waals surface area (Å²) in [5.74, 6) is 3.41. The van der Waals surface area contributed by atoms with Crippen molar-refractivity contribution in [2.24, 2.45) is 0 Å². The number of hydrogen-bond donors (Lipinski definition) is 2. The molecule has 0 fully saturated rings. The van der Waals surface area contributed by atoms with E-state index >= 15 is 0 Å². The standard InChI is InChI=1S/C17H22N2Si/c1-20(2,3)12-6-9-16-17-14(10-11-18-16)13-7-4-5-8-15(13)19-17/h4-5,7-8,16,18-19H,9-11H2,1-3H3. The lowest BCUT2D eigenvalue weighted by Crippen LogP contribution is -2.29. The van der Waals surface area contributed by atoms with Crippen LogP contribution >= 0.6 is 0 Å². The van der Waals surface area contributed by atoms with E-state index in [1.54, 1.807) is 0 Å². The molecule has 0 bridgehead atoms. The molecule has 3 rings (SSSR count). The molecule has 104 valence electrons. The van der Waals surface area contributed by atoms with Crippen LogP contribution in [-0.4, -0.2) is 19.6 Å². The molecular weight excluding hydrogens is 260 g/mol. The minimum Gasteiger partial charge on any atom is -0.357 e. The summed E-state index contributed by atoms with van der Waals surface area (Å²) >= 11 is 0. The van der Waals surface area contributed by atoms with E-state index in [1.165, 1.54) is 22.2 Å². The fourth-order valence-electron chi connectivity index (χ4n) is 2.85. The first-order valence-corrected chi connectivity index (χ1v) is 10.9. The van der Waals surface area contributed by atoms with E-state index in [4.69, 9.17) is 0 Å². The highest BCUT2D eigenvalue weighted by Crippen LogP contribution is 2.31. The number of fused-ring (bicyclic) bond motifs is 3. The number of rotatable bonds is 1. The first kappa shape index (κ1) is 13.5. The molecular formula is C17H22N2Si. The molecule has 1 aliphatic rings. The predicted molar refractivity (Wildman–Crippen MR) is 88.5 cm³/mol. The largest absolute Gasteiger partial charge is 0.357 e. The fraction of sp³-hybridized carbons (Fsp3) is 0.412. The first-order chi connectivity index (χ1) is 9.54. The molecule has 0 radical (unpaired) electrons. The Balaban J connectivity index is 1.91.